The Morgan fingerprint density at radius 2 is 1.83 bits per heavy atom. The Bertz CT molecular complexity index is 159. The number of ketones is 1. The van der Waals surface area contributed by atoms with Gasteiger partial charge in [0.2, 0.25) is 0 Å². The lowest BCUT2D eigenvalue weighted by molar-refractivity contribution is -0.131. The Hall–Kier alpha value is -1.12. The maximum atomic E-state index is 10.3. The lowest BCUT2D eigenvalue weighted by atomic mass is 10.1. The maximum Gasteiger partial charge on any atom is 0.327 e. The highest BCUT2D eigenvalue weighted by atomic mass is 16.4. The molecule has 0 heterocycles. The topological polar surface area (TPSA) is 54.4 Å². The summed E-state index contributed by atoms with van der Waals surface area (Å²) in [5.74, 6) is -0.169. The van der Waals surface area contributed by atoms with Crippen molar-refractivity contribution in [1.29, 1.82) is 0 Å². The molecule has 0 bridgehead atoms. The van der Waals surface area contributed by atoms with Crippen LogP contribution < -0.4 is 0 Å². The van der Waals surface area contributed by atoms with E-state index >= 15 is 0 Å². The first kappa shape index (κ1) is 13.5. The summed E-state index contributed by atoms with van der Waals surface area (Å²) >= 11 is 0. The zero-order valence-electron chi connectivity index (χ0n) is 7.83. The predicted octanol–water partition coefficient (Wildman–Crippen LogP) is 1.88. The molecule has 0 aliphatic heterocycles. The number of rotatable bonds is 3. The molecule has 0 aliphatic carbocycles. The molecule has 0 fully saturated rings. The van der Waals surface area contributed by atoms with Gasteiger partial charge in [-0.25, -0.2) is 4.79 Å². The molecule has 0 radical (unpaired) electrons. The van der Waals surface area contributed by atoms with E-state index < -0.39 is 5.97 Å². The number of Topliss-reactive ketones (excluding diaryl/α,β-unsaturated/α-hetero) is 1. The lowest BCUT2D eigenvalue weighted by Crippen LogP contribution is -1.95. The summed E-state index contributed by atoms with van der Waals surface area (Å²) in [6, 6.07) is 0. The van der Waals surface area contributed by atoms with Crippen molar-refractivity contribution < 1.29 is 14.7 Å². The molecule has 1 N–H and O–H groups in total. The van der Waals surface area contributed by atoms with Crippen molar-refractivity contribution in [3.05, 3.63) is 12.7 Å². The monoisotopic (exact) mass is 172 g/mol. The van der Waals surface area contributed by atoms with Gasteiger partial charge in [-0.3, -0.25) is 0 Å². The zero-order chi connectivity index (χ0) is 10.1. The van der Waals surface area contributed by atoms with Crippen LogP contribution in [-0.2, 0) is 9.59 Å². The van der Waals surface area contributed by atoms with Gasteiger partial charge in [-0.1, -0.05) is 20.4 Å². The van der Waals surface area contributed by atoms with Crippen molar-refractivity contribution in [2.24, 2.45) is 5.92 Å². The van der Waals surface area contributed by atoms with Crippen molar-refractivity contribution in [3.63, 3.8) is 0 Å². The van der Waals surface area contributed by atoms with Crippen LogP contribution in [0.25, 0.3) is 0 Å². The first-order valence-corrected chi connectivity index (χ1v) is 3.75. The summed E-state index contributed by atoms with van der Waals surface area (Å²) in [4.78, 5) is 19.5. The first-order valence-electron chi connectivity index (χ1n) is 3.75. The van der Waals surface area contributed by atoms with Gasteiger partial charge < -0.3 is 9.90 Å². The molecule has 0 rings (SSSR count). The van der Waals surface area contributed by atoms with E-state index in [4.69, 9.17) is 5.11 Å². The van der Waals surface area contributed by atoms with Crippen LogP contribution in [0.1, 0.15) is 27.2 Å². The second kappa shape index (κ2) is 7.98. The van der Waals surface area contributed by atoms with Crippen LogP contribution in [0.3, 0.4) is 0 Å². The standard InChI is InChI=1S/C6H12O.C3H4O2/c1-5(2)4-6(3)7;1-2-3(4)5/h5H,4H2,1-3H3;2H,1H2,(H,4,5). The summed E-state index contributed by atoms with van der Waals surface area (Å²) < 4.78 is 0. The van der Waals surface area contributed by atoms with E-state index in [1.54, 1.807) is 6.92 Å². The van der Waals surface area contributed by atoms with Gasteiger partial charge in [0.25, 0.3) is 0 Å². The van der Waals surface area contributed by atoms with Crippen molar-refractivity contribution in [1.82, 2.24) is 0 Å². The van der Waals surface area contributed by atoms with Crippen LogP contribution in [0.2, 0.25) is 0 Å². The van der Waals surface area contributed by atoms with Gasteiger partial charge in [-0.15, -0.1) is 0 Å². The summed E-state index contributed by atoms with van der Waals surface area (Å²) in [7, 11) is 0. The number of carboxylic acid groups (broad SMARTS) is 1. The Balaban J connectivity index is 0. The van der Waals surface area contributed by atoms with E-state index in [-0.39, 0.29) is 5.78 Å². The summed E-state index contributed by atoms with van der Waals surface area (Å²) in [6.45, 7) is 8.67. The van der Waals surface area contributed by atoms with Gasteiger partial charge in [0.05, 0.1) is 0 Å². The highest BCUT2D eigenvalue weighted by molar-refractivity contribution is 5.78. The molecule has 0 aromatic carbocycles. The van der Waals surface area contributed by atoms with Gasteiger partial charge in [-0.2, -0.15) is 0 Å². The minimum atomic E-state index is -0.981. The van der Waals surface area contributed by atoms with Gasteiger partial charge in [-0.05, 0) is 12.8 Å². The second-order valence-electron chi connectivity index (χ2n) is 2.84. The van der Waals surface area contributed by atoms with Crippen LogP contribution in [0.15, 0.2) is 12.7 Å². The smallest absolute Gasteiger partial charge is 0.327 e. The van der Waals surface area contributed by atoms with Crippen LogP contribution >= 0.6 is 0 Å². The quantitative estimate of drug-likeness (QED) is 0.661. The highest BCUT2D eigenvalue weighted by Gasteiger charge is 1.95. The van der Waals surface area contributed by atoms with E-state index in [0.29, 0.717) is 5.92 Å². The van der Waals surface area contributed by atoms with Crippen LogP contribution in [0.4, 0.5) is 0 Å². The van der Waals surface area contributed by atoms with Crippen molar-refractivity contribution in [3.8, 4) is 0 Å². The molecule has 0 amide bonds. The van der Waals surface area contributed by atoms with E-state index in [0.717, 1.165) is 12.5 Å². The molecule has 0 aromatic rings. The molecule has 0 saturated carbocycles. The van der Waals surface area contributed by atoms with E-state index in [2.05, 4.69) is 6.58 Å². The first-order chi connectivity index (χ1) is 5.40. The fraction of sp³-hybridized carbons (Fsp3) is 0.556. The third-order valence-electron chi connectivity index (χ3n) is 0.870. The number of hydrogen-bond donors (Lipinski definition) is 1. The maximum absolute atomic E-state index is 10.3. The number of aliphatic carboxylic acids is 1. The number of hydrogen-bond acceptors (Lipinski definition) is 2. The molecule has 70 valence electrons. The number of carboxylic acids is 1. The molecule has 3 nitrogen and oxygen atoms in total. The Kier molecular flexibility index (Phi) is 8.96. The van der Waals surface area contributed by atoms with E-state index in [1.807, 2.05) is 13.8 Å². The average Bonchev–Trinajstić information content (AvgIpc) is 1.85. The second-order valence-corrected chi connectivity index (χ2v) is 2.84. The van der Waals surface area contributed by atoms with Gasteiger partial charge >= 0.3 is 5.97 Å². The third-order valence-corrected chi connectivity index (χ3v) is 0.870. The van der Waals surface area contributed by atoms with Crippen molar-refractivity contribution in [2.45, 2.75) is 27.2 Å². The minimum absolute atomic E-state index is 0.287. The number of carbonyl (C=O) groups is 2. The SMILES string of the molecule is C=CC(=O)O.CC(=O)CC(C)C. The van der Waals surface area contributed by atoms with E-state index in [9.17, 15) is 9.59 Å². The normalized spacial score (nSPS) is 8.33. The zero-order valence-corrected chi connectivity index (χ0v) is 7.83. The summed E-state index contributed by atoms with van der Waals surface area (Å²) in [6.07, 6.45) is 1.56. The molecular formula is C9H16O3. The third kappa shape index (κ3) is 23.2. The van der Waals surface area contributed by atoms with Crippen LogP contribution in [0.5, 0.6) is 0 Å². The average molecular weight is 172 g/mol. The summed E-state index contributed by atoms with van der Waals surface area (Å²) in [5.41, 5.74) is 0. The molecular weight excluding hydrogens is 156 g/mol. The van der Waals surface area contributed by atoms with E-state index in [1.165, 1.54) is 0 Å². The lowest BCUT2D eigenvalue weighted by Gasteiger charge is -1.95. The fourth-order valence-corrected chi connectivity index (χ4v) is 0.575. The molecule has 0 atom stereocenters. The minimum Gasteiger partial charge on any atom is -0.478 e. The van der Waals surface area contributed by atoms with Crippen LogP contribution in [0, 0.1) is 5.92 Å². The molecule has 0 saturated heterocycles. The van der Waals surface area contributed by atoms with Crippen molar-refractivity contribution >= 4 is 11.8 Å². The van der Waals surface area contributed by atoms with Crippen molar-refractivity contribution in [2.75, 3.05) is 0 Å². The molecule has 3 heteroatoms. The van der Waals surface area contributed by atoms with Gasteiger partial charge in [0.1, 0.15) is 5.78 Å². The Morgan fingerprint density at radius 3 is 1.83 bits per heavy atom. The van der Waals surface area contributed by atoms with Gasteiger partial charge in [0, 0.05) is 12.5 Å². The molecule has 0 aromatic heterocycles. The fourth-order valence-electron chi connectivity index (χ4n) is 0.575. The predicted molar refractivity (Wildman–Crippen MR) is 48.0 cm³/mol. The largest absolute Gasteiger partial charge is 0.478 e. The number of carbonyl (C=O) groups excluding carboxylic acids is 1. The molecule has 0 spiro atoms. The Morgan fingerprint density at radius 1 is 1.50 bits per heavy atom. The molecule has 12 heavy (non-hydrogen) atoms. The highest BCUT2D eigenvalue weighted by Crippen LogP contribution is 1.97. The van der Waals surface area contributed by atoms with Gasteiger partial charge in [0.15, 0.2) is 0 Å². The Labute approximate surface area is 73.1 Å². The van der Waals surface area contributed by atoms with Crippen LogP contribution in [-0.4, -0.2) is 16.9 Å². The molecule has 0 aliphatic rings. The summed E-state index contributed by atoms with van der Waals surface area (Å²) in [5, 5.41) is 7.60. The molecule has 0 unspecified atom stereocenters.